The summed E-state index contributed by atoms with van der Waals surface area (Å²) >= 11 is 0. The van der Waals surface area contributed by atoms with Crippen LogP contribution in [0.4, 0.5) is 0 Å². The molecule has 6 heteroatoms. The second kappa shape index (κ2) is 14.8. The summed E-state index contributed by atoms with van der Waals surface area (Å²) in [5.41, 5.74) is -0.182. The number of aliphatic carboxylic acids is 1. The summed E-state index contributed by atoms with van der Waals surface area (Å²) in [6.07, 6.45) is 16.8. The maximum atomic E-state index is 12.2. The topological polar surface area (TPSA) is 101 Å². The zero-order chi connectivity index (χ0) is 24.0. The van der Waals surface area contributed by atoms with Crippen LogP contribution in [0, 0.1) is 17.3 Å². The number of aliphatic hydroxyl groups is 1. The van der Waals surface area contributed by atoms with Gasteiger partial charge in [0.1, 0.15) is 0 Å². The van der Waals surface area contributed by atoms with Gasteiger partial charge in [-0.25, -0.2) is 0 Å². The lowest BCUT2D eigenvalue weighted by Gasteiger charge is -2.28. The van der Waals surface area contributed by atoms with Crippen molar-refractivity contribution in [1.82, 2.24) is 0 Å². The van der Waals surface area contributed by atoms with E-state index >= 15 is 0 Å². The lowest BCUT2D eigenvalue weighted by molar-refractivity contribution is -0.147. The maximum absolute atomic E-state index is 12.2. The van der Waals surface area contributed by atoms with Crippen molar-refractivity contribution < 1.29 is 29.3 Å². The summed E-state index contributed by atoms with van der Waals surface area (Å²) < 4.78 is 4.99. The second-order valence-corrected chi connectivity index (χ2v) is 9.18. The van der Waals surface area contributed by atoms with Crippen molar-refractivity contribution >= 4 is 17.7 Å². The van der Waals surface area contributed by atoms with Gasteiger partial charge in [-0.05, 0) is 43.6 Å². The van der Waals surface area contributed by atoms with E-state index in [4.69, 9.17) is 9.84 Å². The molecular weight excluding hydrogens is 408 g/mol. The number of carboxylic acid groups (broad SMARTS) is 1. The highest BCUT2D eigenvalue weighted by Gasteiger charge is 2.29. The highest BCUT2D eigenvalue weighted by molar-refractivity contribution is 5.95. The van der Waals surface area contributed by atoms with Crippen molar-refractivity contribution in [2.24, 2.45) is 17.3 Å². The Morgan fingerprint density at radius 2 is 1.94 bits per heavy atom. The molecule has 0 radical (unpaired) electrons. The number of carbonyl (C=O) groups is 3. The first-order valence-corrected chi connectivity index (χ1v) is 11.8. The minimum atomic E-state index is -1.01. The normalized spacial score (nSPS) is 19.8. The number of carboxylic acids is 1. The van der Waals surface area contributed by atoms with Crippen LogP contribution in [-0.2, 0) is 19.1 Å². The van der Waals surface area contributed by atoms with Crippen LogP contribution in [-0.4, -0.2) is 40.6 Å². The lowest BCUT2D eigenvalue weighted by Crippen LogP contribution is -2.27. The van der Waals surface area contributed by atoms with Gasteiger partial charge in [0.15, 0.2) is 5.78 Å². The van der Waals surface area contributed by atoms with Crippen molar-refractivity contribution in [3.05, 3.63) is 36.5 Å². The molecule has 32 heavy (non-hydrogen) atoms. The van der Waals surface area contributed by atoms with Crippen LogP contribution >= 0.6 is 0 Å². The Morgan fingerprint density at radius 3 is 2.62 bits per heavy atom. The fourth-order valence-corrected chi connectivity index (χ4v) is 3.59. The molecule has 6 nitrogen and oxygen atoms in total. The first kappa shape index (κ1) is 27.8. The zero-order valence-corrected chi connectivity index (χ0v) is 19.8. The average Bonchev–Trinajstić information content (AvgIpc) is 3.10. The van der Waals surface area contributed by atoms with Crippen LogP contribution in [0.5, 0.6) is 0 Å². The van der Waals surface area contributed by atoms with E-state index in [-0.39, 0.29) is 35.9 Å². The molecule has 1 rings (SSSR count). The van der Waals surface area contributed by atoms with Crippen molar-refractivity contribution in [1.29, 1.82) is 0 Å². The zero-order valence-electron chi connectivity index (χ0n) is 19.8. The van der Waals surface area contributed by atoms with Crippen LogP contribution in [0.2, 0.25) is 0 Å². The molecule has 0 amide bonds. The monoisotopic (exact) mass is 448 g/mol. The number of rotatable bonds is 16. The molecule has 180 valence electrons. The third kappa shape index (κ3) is 10.9. The quantitative estimate of drug-likeness (QED) is 0.195. The van der Waals surface area contributed by atoms with E-state index in [2.05, 4.69) is 20.8 Å². The summed E-state index contributed by atoms with van der Waals surface area (Å²) in [6, 6.07) is 0. The Morgan fingerprint density at radius 1 is 1.19 bits per heavy atom. The number of unbranched alkanes of at least 4 members (excludes halogenated alkanes) is 3. The number of hydrogen-bond donors (Lipinski definition) is 2. The van der Waals surface area contributed by atoms with Gasteiger partial charge in [-0.3, -0.25) is 14.4 Å². The third-order valence-corrected chi connectivity index (χ3v) is 5.93. The van der Waals surface area contributed by atoms with Gasteiger partial charge in [-0.15, -0.1) is 0 Å². The van der Waals surface area contributed by atoms with E-state index in [0.29, 0.717) is 19.4 Å². The predicted octanol–water partition coefficient (Wildman–Crippen LogP) is 5.02. The maximum Gasteiger partial charge on any atom is 0.306 e. The van der Waals surface area contributed by atoms with Crippen molar-refractivity contribution in [2.75, 3.05) is 6.61 Å². The number of hydrogen-bond acceptors (Lipinski definition) is 5. The number of allylic oxidation sites excluding steroid dienone is 5. The van der Waals surface area contributed by atoms with Gasteiger partial charge < -0.3 is 14.9 Å². The molecule has 0 heterocycles. The highest BCUT2D eigenvalue weighted by Crippen LogP contribution is 2.31. The average molecular weight is 449 g/mol. The minimum absolute atomic E-state index is 0.00832. The van der Waals surface area contributed by atoms with E-state index in [1.807, 2.05) is 30.4 Å². The molecule has 0 aliphatic heterocycles. The van der Waals surface area contributed by atoms with E-state index in [1.165, 1.54) is 0 Å². The molecular formula is C26H40O6. The fourth-order valence-electron chi connectivity index (χ4n) is 3.59. The Bertz CT molecular complexity index is 688. The molecule has 0 bridgehead atoms. The van der Waals surface area contributed by atoms with Crippen LogP contribution < -0.4 is 0 Å². The van der Waals surface area contributed by atoms with Crippen molar-refractivity contribution in [3.8, 4) is 0 Å². The fraction of sp³-hybridized carbons (Fsp3) is 0.654. The van der Waals surface area contributed by atoms with Crippen LogP contribution in [0.3, 0.4) is 0 Å². The van der Waals surface area contributed by atoms with Gasteiger partial charge in [-0.1, -0.05) is 64.0 Å². The first-order chi connectivity index (χ1) is 15.2. The Labute approximate surface area is 192 Å². The summed E-state index contributed by atoms with van der Waals surface area (Å²) in [6.45, 7) is 6.58. The van der Waals surface area contributed by atoms with Gasteiger partial charge >= 0.3 is 11.9 Å². The minimum Gasteiger partial charge on any atom is -0.481 e. The van der Waals surface area contributed by atoms with Gasteiger partial charge in [0.2, 0.25) is 0 Å². The molecule has 0 fully saturated rings. The summed E-state index contributed by atoms with van der Waals surface area (Å²) in [7, 11) is 0. The Kier molecular flexibility index (Phi) is 12.8. The second-order valence-electron chi connectivity index (χ2n) is 9.18. The molecule has 0 aromatic carbocycles. The standard InChI is InChI=1S/C26H40O6/c1-4-5-18-26(2,3)23(28)15-13-20-12-14-22(27)21(20)11-9-7-6-8-10-19-32-25(31)17-16-24(29)30/h7,9,12-15,20-21,23,28H,4-6,8,10-11,16-19H2,1-3H3,(H,29,30)/t20-,21-,23-/m1/s1. The molecule has 0 aromatic heterocycles. The van der Waals surface area contributed by atoms with Crippen LogP contribution in [0.25, 0.3) is 0 Å². The molecule has 2 N–H and O–H groups in total. The Balaban J connectivity index is 2.33. The van der Waals surface area contributed by atoms with E-state index in [1.54, 1.807) is 6.08 Å². The number of carbonyl (C=O) groups excluding carboxylic acids is 2. The third-order valence-electron chi connectivity index (χ3n) is 5.93. The highest BCUT2D eigenvalue weighted by atomic mass is 16.5. The molecule has 0 spiro atoms. The van der Waals surface area contributed by atoms with E-state index in [0.717, 1.165) is 32.1 Å². The molecule has 1 aliphatic rings. The SMILES string of the molecule is CCCCC(C)(C)[C@H](O)C=C[C@H]1C=CC(=O)[C@@H]1CC=CCCCCOC(=O)CCC(=O)O. The van der Waals surface area contributed by atoms with Crippen molar-refractivity contribution in [2.45, 2.75) is 84.7 Å². The number of ether oxygens (including phenoxy) is 1. The molecule has 3 atom stereocenters. The van der Waals surface area contributed by atoms with E-state index < -0.39 is 18.0 Å². The smallest absolute Gasteiger partial charge is 0.306 e. The summed E-state index contributed by atoms with van der Waals surface area (Å²) in [4.78, 5) is 34.0. The molecule has 0 saturated carbocycles. The van der Waals surface area contributed by atoms with Crippen molar-refractivity contribution in [3.63, 3.8) is 0 Å². The lowest BCUT2D eigenvalue weighted by atomic mass is 9.80. The summed E-state index contributed by atoms with van der Waals surface area (Å²) in [5.74, 6) is -1.48. The first-order valence-electron chi connectivity index (χ1n) is 11.8. The molecule has 1 aliphatic carbocycles. The number of esters is 1. The predicted molar refractivity (Wildman–Crippen MR) is 125 cm³/mol. The van der Waals surface area contributed by atoms with Gasteiger partial charge in [0.25, 0.3) is 0 Å². The molecule has 0 unspecified atom stereocenters. The number of ketones is 1. The van der Waals surface area contributed by atoms with Gasteiger partial charge in [0.05, 0.1) is 25.6 Å². The van der Waals surface area contributed by atoms with Gasteiger partial charge in [-0.2, -0.15) is 0 Å². The molecule has 0 saturated heterocycles. The number of aliphatic hydroxyl groups excluding tert-OH is 1. The van der Waals surface area contributed by atoms with E-state index in [9.17, 15) is 19.5 Å². The summed E-state index contributed by atoms with van der Waals surface area (Å²) in [5, 5.41) is 19.1. The van der Waals surface area contributed by atoms with Gasteiger partial charge in [0, 0.05) is 11.8 Å². The molecule has 0 aromatic rings. The van der Waals surface area contributed by atoms with Crippen LogP contribution in [0.15, 0.2) is 36.5 Å². The van der Waals surface area contributed by atoms with Crippen LogP contribution in [0.1, 0.15) is 78.6 Å². The largest absolute Gasteiger partial charge is 0.481 e. The Hall–Kier alpha value is -2.21.